The van der Waals surface area contributed by atoms with Crippen molar-refractivity contribution in [2.45, 2.75) is 25.3 Å². The molecular formula is C20H24ClN3O. The van der Waals surface area contributed by atoms with Crippen LogP contribution >= 0.6 is 11.6 Å². The summed E-state index contributed by atoms with van der Waals surface area (Å²) in [5, 5.41) is 9.89. The molecule has 4 nitrogen and oxygen atoms in total. The number of urea groups is 1. The minimum Gasteiger partial charge on any atom is -0.336 e. The fourth-order valence-electron chi connectivity index (χ4n) is 3.23. The normalized spacial score (nSPS) is 20.0. The zero-order valence-corrected chi connectivity index (χ0v) is 14.9. The molecule has 1 heterocycles. The van der Waals surface area contributed by atoms with Gasteiger partial charge < -0.3 is 16.0 Å². The highest BCUT2D eigenvalue weighted by Crippen LogP contribution is 2.19. The minimum atomic E-state index is -0.199. The van der Waals surface area contributed by atoms with Gasteiger partial charge in [-0.25, -0.2) is 4.79 Å². The fourth-order valence-corrected chi connectivity index (χ4v) is 3.42. The Bertz CT molecular complexity index is 684. The number of hydrogen-bond acceptors (Lipinski definition) is 2. The van der Waals surface area contributed by atoms with Crippen molar-refractivity contribution in [1.82, 2.24) is 10.6 Å². The lowest BCUT2D eigenvalue weighted by molar-refractivity contribution is 0.247. The molecule has 0 bridgehead atoms. The molecule has 2 aromatic carbocycles. The SMILES string of the molecule is O=C(NC[C@@H]1CC[C@@H](Cc2ccccc2)CN1)Nc1cccc(Cl)c1. The highest BCUT2D eigenvalue weighted by molar-refractivity contribution is 6.30. The molecule has 2 atom stereocenters. The summed E-state index contributed by atoms with van der Waals surface area (Å²) in [6.45, 7) is 1.63. The third kappa shape index (κ3) is 5.76. The molecule has 0 aliphatic carbocycles. The fraction of sp³-hybridized carbons (Fsp3) is 0.350. The van der Waals surface area contributed by atoms with Gasteiger partial charge in [-0.05, 0) is 55.5 Å². The summed E-state index contributed by atoms with van der Waals surface area (Å²) in [6, 6.07) is 17.9. The first-order valence-corrected chi connectivity index (χ1v) is 9.14. The van der Waals surface area contributed by atoms with Crippen molar-refractivity contribution in [2.75, 3.05) is 18.4 Å². The molecule has 1 aliphatic rings. The average molecular weight is 358 g/mol. The predicted molar refractivity (Wildman–Crippen MR) is 103 cm³/mol. The standard InChI is InChI=1S/C20H24ClN3O/c21-17-7-4-8-18(12-17)24-20(25)23-14-19-10-9-16(13-22-19)11-15-5-2-1-3-6-15/h1-8,12,16,19,22H,9-11,13-14H2,(H2,23,24,25)/t16-,19-/m0/s1. The Balaban J connectivity index is 1.37. The Morgan fingerprint density at radius 1 is 1.12 bits per heavy atom. The van der Waals surface area contributed by atoms with Crippen LogP contribution in [-0.4, -0.2) is 25.2 Å². The van der Waals surface area contributed by atoms with Crippen LogP contribution in [0.4, 0.5) is 10.5 Å². The van der Waals surface area contributed by atoms with Gasteiger partial charge in [0.1, 0.15) is 0 Å². The van der Waals surface area contributed by atoms with Crippen molar-refractivity contribution in [3.05, 3.63) is 65.2 Å². The summed E-state index contributed by atoms with van der Waals surface area (Å²) in [7, 11) is 0. The Hall–Kier alpha value is -2.04. The molecule has 1 fully saturated rings. The van der Waals surface area contributed by atoms with Gasteiger partial charge >= 0.3 is 6.03 Å². The Kier molecular flexibility index (Phi) is 6.31. The first-order valence-electron chi connectivity index (χ1n) is 8.77. The highest BCUT2D eigenvalue weighted by Gasteiger charge is 2.21. The van der Waals surface area contributed by atoms with Crippen LogP contribution in [0.5, 0.6) is 0 Å². The summed E-state index contributed by atoms with van der Waals surface area (Å²) in [5.41, 5.74) is 2.09. The van der Waals surface area contributed by atoms with Crippen LogP contribution in [0.3, 0.4) is 0 Å². The molecule has 1 saturated heterocycles. The van der Waals surface area contributed by atoms with Crippen molar-refractivity contribution < 1.29 is 4.79 Å². The second-order valence-corrected chi connectivity index (χ2v) is 7.02. The van der Waals surface area contributed by atoms with Gasteiger partial charge in [-0.15, -0.1) is 0 Å². The van der Waals surface area contributed by atoms with E-state index in [-0.39, 0.29) is 6.03 Å². The number of halogens is 1. The topological polar surface area (TPSA) is 53.2 Å². The van der Waals surface area contributed by atoms with E-state index in [0.717, 1.165) is 19.4 Å². The Morgan fingerprint density at radius 2 is 1.96 bits per heavy atom. The second-order valence-electron chi connectivity index (χ2n) is 6.58. The predicted octanol–water partition coefficient (Wildman–Crippen LogP) is 4.07. The lowest BCUT2D eigenvalue weighted by Gasteiger charge is -2.30. The van der Waals surface area contributed by atoms with Gasteiger partial charge in [0.2, 0.25) is 0 Å². The number of nitrogens with one attached hydrogen (secondary N) is 3. The summed E-state index contributed by atoms with van der Waals surface area (Å²) in [6.07, 6.45) is 3.38. The molecule has 132 valence electrons. The third-order valence-corrected chi connectivity index (χ3v) is 4.81. The van der Waals surface area contributed by atoms with E-state index in [4.69, 9.17) is 11.6 Å². The van der Waals surface area contributed by atoms with E-state index in [9.17, 15) is 4.79 Å². The average Bonchev–Trinajstić information content (AvgIpc) is 2.62. The number of amides is 2. The van der Waals surface area contributed by atoms with Crippen molar-refractivity contribution >= 4 is 23.3 Å². The zero-order chi connectivity index (χ0) is 17.5. The van der Waals surface area contributed by atoms with E-state index in [2.05, 4.69) is 46.3 Å². The van der Waals surface area contributed by atoms with E-state index < -0.39 is 0 Å². The van der Waals surface area contributed by atoms with Crippen LogP contribution < -0.4 is 16.0 Å². The maximum atomic E-state index is 12.0. The molecule has 2 amide bonds. The van der Waals surface area contributed by atoms with Crippen molar-refractivity contribution in [3.63, 3.8) is 0 Å². The van der Waals surface area contributed by atoms with Gasteiger partial charge in [-0.3, -0.25) is 0 Å². The minimum absolute atomic E-state index is 0.199. The van der Waals surface area contributed by atoms with Crippen LogP contribution in [-0.2, 0) is 6.42 Å². The number of hydrogen-bond donors (Lipinski definition) is 3. The van der Waals surface area contributed by atoms with Gasteiger partial charge in [-0.1, -0.05) is 48.0 Å². The first-order chi connectivity index (χ1) is 12.2. The number of piperidine rings is 1. The third-order valence-electron chi connectivity index (χ3n) is 4.58. The molecule has 3 N–H and O–H groups in total. The molecule has 0 saturated carbocycles. The molecular weight excluding hydrogens is 334 g/mol. The first kappa shape index (κ1) is 17.8. The number of rotatable bonds is 5. The largest absolute Gasteiger partial charge is 0.336 e. The van der Waals surface area contributed by atoms with Gasteiger partial charge in [0, 0.05) is 23.3 Å². The van der Waals surface area contributed by atoms with Crippen molar-refractivity contribution in [2.24, 2.45) is 5.92 Å². The number of carbonyl (C=O) groups excluding carboxylic acids is 1. The molecule has 0 unspecified atom stereocenters. The van der Waals surface area contributed by atoms with Gasteiger partial charge in [0.25, 0.3) is 0 Å². The summed E-state index contributed by atoms with van der Waals surface area (Å²) in [4.78, 5) is 12.0. The quantitative estimate of drug-likeness (QED) is 0.755. The number of carbonyl (C=O) groups is 1. The highest BCUT2D eigenvalue weighted by atomic mass is 35.5. The van der Waals surface area contributed by atoms with E-state index in [1.54, 1.807) is 12.1 Å². The summed E-state index contributed by atoms with van der Waals surface area (Å²) < 4.78 is 0. The lowest BCUT2D eigenvalue weighted by Crippen LogP contribution is -2.47. The summed E-state index contributed by atoms with van der Waals surface area (Å²) >= 11 is 5.92. The van der Waals surface area contributed by atoms with E-state index in [0.29, 0.717) is 29.2 Å². The molecule has 0 spiro atoms. The molecule has 2 aromatic rings. The van der Waals surface area contributed by atoms with E-state index >= 15 is 0 Å². The van der Waals surface area contributed by atoms with Crippen LogP contribution in [0.25, 0.3) is 0 Å². The Labute approximate surface area is 154 Å². The van der Waals surface area contributed by atoms with E-state index in [1.807, 2.05) is 12.1 Å². The molecule has 3 rings (SSSR count). The molecule has 0 radical (unpaired) electrons. The van der Waals surface area contributed by atoms with E-state index in [1.165, 1.54) is 12.0 Å². The second kappa shape index (κ2) is 8.88. The smallest absolute Gasteiger partial charge is 0.319 e. The van der Waals surface area contributed by atoms with Crippen molar-refractivity contribution in [1.29, 1.82) is 0 Å². The van der Waals surface area contributed by atoms with Gasteiger partial charge in [0.15, 0.2) is 0 Å². The molecule has 5 heteroatoms. The number of benzene rings is 2. The van der Waals surface area contributed by atoms with Crippen molar-refractivity contribution in [3.8, 4) is 0 Å². The molecule has 1 aliphatic heterocycles. The van der Waals surface area contributed by atoms with Crippen LogP contribution in [0, 0.1) is 5.92 Å². The monoisotopic (exact) mass is 357 g/mol. The van der Waals surface area contributed by atoms with Gasteiger partial charge in [-0.2, -0.15) is 0 Å². The number of anilines is 1. The van der Waals surface area contributed by atoms with Crippen LogP contribution in [0.2, 0.25) is 5.02 Å². The maximum absolute atomic E-state index is 12.0. The molecule has 25 heavy (non-hydrogen) atoms. The lowest BCUT2D eigenvalue weighted by atomic mass is 9.89. The summed E-state index contributed by atoms with van der Waals surface area (Å²) in [5.74, 6) is 0.666. The van der Waals surface area contributed by atoms with Crippen LogP contribution in [0.1, 0.15) is 18.4 Å². The Morgan fingerprint density at radius 3 is 2.68 bits per heavy atom. The van der Waals surface area contributed by atoms with Crippen LogP contribution in [0.15, 0.2) is 54.6 Å². The zero-order valence-electron chi connectivity index (χ0n) is 14.2. The molecule has 0 aromatic heterocycles. The maximum Gasteiger partial charge on any atom is 0.319 e. The van der Waals surface area contributed by atoms with Gasteiger partial charge in [0.05, 0.1) is 0 Å².